The van der Waals surface area contributed by atoms with Crippen LogP contribution in [0.3, 0.4) is 0 Å². The number of nitrogens with one attached hydrogen (secondary N) is 2. The van der Waals surface area contributed by atoms with E-state index in [2.05, 4.69) is 10.6 Å². The summed E-state index contributed by atoms with van der Waals surface area (Å²) in [7, 11) is -1.97. The molecule has 0 aliphatic carbocycles. The number of halogens is 1. The first-order valence-electron chi connectivity index (χ1n) is 7.44. The molecule has 10 heteroatoms. The molecule has 1 aliphatic rings. The van der Waals surface area contributed by atoms with Gasteiger partial charge in [0.2, 0.25) is 0 Å². The molecule has 0 bridgehead atoms. The molecule has 2 amide bonds. The second-order valence-corrected chi connectivity index (χ2v) is 7.98. The highest BCUT2D eigenvalue weighted by molar-refractivity contribution is 7.90. The number of amides is 2. The van der Waals surface area contributed by atoms with Gasteiger partial charge in [-0.1, -0.05) is 11.6 Å². The van der Waals surface area contributed by atoms with Crippen molar-refractivity contribution in [1.29, 1.82) is 0 Å². The van der Waals surface area contributed by atoms with Gasteiger partial charge in [-0.05, 0) is 24.6 Å². The fourth-order valence-corrected chi connectivity index (χ4v) is 3.74. The second-order valence-electron chi connectivity index (χ2n) is 5.59. The fourth-order valence-electron chi connectivity index (χ4n) is 2.41. The molecular formula is C15H19ClN2O6S. The maximum atomic E-state index is 12.0. The summed E-state index contributed by atoms with van der Waals surface area (Å²) >= 11 is 5.91. The van der Waals surface area contributed by atoms with Crippen molar-refractivity contribution < 1.29 is 27.5 Å². The second kappa shape index (κ2) is 8.13. The van der Waals surface area contributed by atoms with E-state index < -0.39 is 21.7 Å². The zero-order valence-corrected chi connectivity index (χ0v) is 15.3. The molecule has 1 fully saturated rings. The molecule has 138 valence electrons. The standard InChI is InChI=1S/C15H19ClN2O6S/c1-23-12-8-24-6-5-11(12)18-15(20)14(19)17-9-3-4-13(10(16)7-9)25(2,21)22/h3-4,7,11-12H,5-6,8H2,1-2H3,(H,17,19)(H,18,20). The van der Waals surface area contributed by atoms with Crippen molar-refractivity contribution >= 4 is 38.9 Å². The van der Waals surface area contributed by atoms with E-state index in [0.29, 0.717) is 19.6 Å². The van der Waals surface area contributed by atoms with E-state index >= 15 is 0 Å². The van der Waals surface area contributed by atoms with Gasteiger partial charge in [-0.2, -0.15) is 0 Å². The summed E-state index contributed by atoms with van der Waals surface area (Å²) in [5.74, 6) is -1.71. The van der Waals surface area contributed by atoms with Crippen LogP contribution < -0.4 is 10.6 Å². The van der Waals surface area contributed by atoms with Crippen molar-refractivity contribution in [2.24, 2.45) is 0 Å². The van der Waals surface area contributed by atoms with Crippen LogP contribution in [0.4, 0.5) is 5.69 Å². The van der Waals surface area contributed by atoms with Crippen LogP contribution in [0.1, 0.15) is 6.42 Å². The van der Waals surface area contributed by atoms with Crippen LogP contribution in [-0.4, -0.2) is 59.0 Å². The van der Waals surface area contributed by atoms with Gasteiger partial charge in [0.15, 0.2) is 9.84 Å². The first kappa shape index (κ1) is 19.6. The van der Waals surface area contributed by atoms with Gasteiger partial charge in [0.05, 0.1) is 22.6 Å². The number of hydrogen-bond acceptors (Lipinski definition) is 6. The average Bonchev–Trinajstić information content (AvgIpc) is 2.54. The number of ether oxygens (including phenoxy) is 2. The van der Waals surface area contributed by atoms with Crippen molar-refractivity contribution in [3.05, 3.63) is 23.2 Å². The zero-order valence-electron chi connectivity index (χ0n) is 13.7. The Balaban J connectivity index is 2.01. The number of carbonyl (C=O) groups excluding carboxylic acids is 2. The largest absolute Gasteiger partial charge is 0.379 e. The Labute approximate surface area is 150 Å². The van der Waals surface area contributed by atoms with Gasteiger partial charge in [0.1, 0.15) is 6.10 Å². The molecule has 25 heavy (non-hydrogen) atoms. The quantitative estimate of drug-likeness (QED) is 0.728. The predicted octanol–water partition coefficient (Wildman–Crippen LogP) is 0.602. The lowest BCUT2D eigenvalue weighted by Gasteiger charge is -2.30. The van der Waals surface area contributed by atoms with Gasteiger partial charge >= 0.3 is 11.8 Å². The minimum atomic E-state index is -3.47. The summed E-state index contributed by atoms with van der Waals surface area (Å²) in [5.41, 5.74) is 0.216. The Bertz CT molecular complexity index is 767. The van der Waals surface area contributed by atoms with Gasteiger partial charge in [-0.25, -0.2) is 8.42 Å². The van der Waals surface area contributed by atoms with E-state index in [1.807, 2.05) is 0 Å². The van der Waals surface area contributed by atoms with Crippen molar-refractivity contribution in [3.63, 3.8) is 0 Å². The Kier molecular flexibility index (Phi) is 6.39. The molecule has 0 saturated carbocycles. The SMILES string of the molecule is COC1COCCC1NC(=O)C(=O)Nc1ccc(S(C)(=O)=O)c(Cl)c1. The lowest BCUT2D eigenvalue weighted by molar-refractivity contribution is -0.138. The number of sulfone groups is 1. The number of carbonyl (C=O) groups is 2. The molecule has 2 atom stereocenters. The minimum Gasteiger partial charge on any atom is -0.379 e. The summed E-state index contributed by atoms with van der Waals surface area (Å²) < 4.78 is 33.5. The van der Waals surface area contributed by atoms with E-state index in [4.69, 9.17) is 21.1 Å². The predicted molar refractivity (Wildman–Crippen MR) is 91.4 cm³/mol. The van der Waals surface area contributed by atoms with Crippen LogP contribution in [0.25, 0.3) is 0 Å². The summed E-state index contributed by atoms with van der Waals surface area (Å²) in [6.07, 6.45) is 1.24. The van der Waals surface area contributed by atoms with Crippen molar-refractivity contribution in [3.8, 4) is 0 Å². The van der Waals surface area contributed by atoms with Gasteiger partial charge in [-0.3, -0.25) is 9.59 Å². The van der Waals surface area contributed by atoms with E-state index in [1.54, 1.807) is 0 Å². The first-order valence-corrected chi connectivity index (χ1v) is 9.71. The Morgan fingerprint density at radius 3 is 2.64 bits per heavy atom. The molecule has 2 N–H and O–H groups in total. The highest BCUT2D eigenvalue weighted by Gasteiger charge is 2.29. The maximum absolute atomic E-state index is 12.0. The Morgan fingerprint density at radius 1 is 1.32 bits per heavy atom. The topological polar surface area (TPSA) is 111 Å². The summed E-state index contributed by atoms with van der Waals surface area (Å²) in [4.78, 5) is 24.0. The molecular weight excluding hydrogens is 372 g/mol. The molecule has 1 aliphatic heterocycles. The number of benzene rings is 1. The van der Waals surface area contributed by atoms with Crippen LogP contribution in [0, 0.1) is 0 Å². The van der Waals surface area contributed by atoms with E-state index in [-0.39, 0.29) is 27.8 Å². The van der Waals surface area contributed by atoms with Crippen molar-refractivity contribution in [1.82, 2.24) is 5.32 Å². The Morgan fingerprint density at radius 2 is 2.04 bits per heavy atom. The summed E-state index contributed by atoms with van der Waals surface area (Å²) in [6.45, 7) is 0.806. The number of hydrogen-bond donors (Lipinski definition) is 2. The highest BCUT2D eigenvalue weighted by atomic mass is 35.5. The summed E-state index contributed by atoms with van der Waals surface area (Å²) in [6, 6.07) is 3.58. The molecule has 8 nitrogen and oxygen atoms in total. The van der Waals surface area contributed by atoms with Crippen LogP contribution in [0.5, 0.6) is 0 Å². The van der Waals surface area contributed by atoms with Crippen LogP contribution >= 0.6 is 11.6 Å². The minimum absolute atomic E-state index is 0.0374. The van der Waals surface area contributed by atoms with E-state index in [9.17, 15) is 18.0 Å². The molecule has 1 heterocycles. The van der Waals surface area contributed by atoms with E-state index in [1.165, 1.54) is 25.3 Å². The summed E-state index contributed by atoms with van der Waals surface area (Å²) in [5, 5.41) is 4.95. The third kappa shape index (κ3) is 5.15. The number of rotatable bonds is 4. The zero-order chi connectivity index (χ0) is 18.6. The molecule has 1 saturated heterocycles. The highest BCUT2D eigenvalue weighted by Crippen LogP contribution is 2.24. The number of anilines is 1. The smallest absolute Gasteiger partial charge is 0.313 e. The maximum Gasteiger partial charge on any atom is 0.313 e. The fraction of sp³-hybridized carbons (Fsp3) is 0.467. The first-order chi connectivity index (χ1) is 11.7. The van der Waals surface area contributed by atoms with Crippen LogP contribution in [0.2, 0.25) is 5.02 Å². The molecule has 0 aromatic heterocycles. The van der Waals surface area contributed by atoms with Crippen LogP contribution in [-0.2, 0) is 28.9 Å². The molecule has 0 spiro atoms. The number of methoxy groups -OCH3 is 1. The van der Waals surface area contributed by atoms with Gasteiger partial charge in [0, 0.05) is 25.7 Å². The lowest BCUT2D eigenvalue weighted by Crippen LogP contribution is -2.52. The molecule has 1 aromatic carbocycles. The monoisotopic (exact) mass is 390 g/mol. The Hall–Kier alpha value is -1.68. The lowest BCUT2D eigenvalue weighted by atomic mass is 10.1. The van der Waals surface area contributed by atoms with Gasteiger partial charge in [-0.15, -0.1) is 0 Å². The average molecular weight is 391 g/mol. The van der Waals surface area contributed by atoms with Crippen molar-refractivity contribution in [2.75, 3.05) is 31.9 Å². The molecule has 0 radical (unpaired) electrons. The van der Waals surface area contributed by atoms with Gasteiger partial charge < -0.3 is 20.1 Å². The van der Waals surface area contributed by atoms with E-state index in [0.717, 1.165) is 6.26 Å². The van der Waals surface area contributed by atoms with Gasteiger partial charge in [0.25, 0.3) is 0 Å². The molecule has 2 rings (SSSR count). The third-order valence-corrected chi connectivity index (χ3v) is 5.30. The van der Waals surface area contributed by atoms with Crippen molar-refractivity contribution in [2.45, 2.75) is 23.5 Å². The third-order valence-electron chi connectivity index (χ3n) is 3.72. The normalized spacial score (nSPS) is 20.8. The molecule has 1 aromatic rings. The molecule has 2 unspecified atom stereocenters. The van der Waals surface area contributed by atoms with Crippen LogP contribution in [0.15, 0.2) is 23.1 Å².